The summed E-state index contributed by atoms with van der Waals surface area (Å²) in [5.41, 5.74) is -2.83. The van der Waals surface area contributed by atoms with Crippen molar-refractivity contribution in [1.82, 2.24) is 0 Å². The van der Waals surface area contributed by atoms with Crippen molar-refractivity contribution in [3.8, 4) is 0 Å². The van der Waals surface area contributed by atoms with E-state index in [1.54, 1.807) is 20.8 Å². The van der Waals surface area contributed by atoms with Crippen LogP contribution in [0.3, 0.4) is 0 Å². The van der Waals surface area contributed by atoms with Gasteiger partial charge in [-0.15, -0.1) is 0 Å². The van der Waals surface area contributed by atoms with Gasteiger partial charge in [0.15, 0.2) is 0 Å². The minimum Gasteiger partial charge on any atom is -0.463 e. The van der Waals surface area contributed by atoms with Crippen LogP contribution in [0.2, 0.25) is 0 Å². The Morgan fingerprint density at radius 2 is 0.871 bits per heavy atom. The van der Waals surface area contributed by atoms with Crippen molar-refractivity contribution in [2.45, 2.75) is 280 Å². The fourth-order valence-corrected chi connectivity index (χ4v) is 18.1. The number of ether oxygens (including phenoxy) is 9. The van der Waals surface area contributed by atoms with Crippen LogP contribution in [0.15, 0.2) is 12.2 Å². The van der Waals surface area contributed by atoms with E-state index >= 15 is 0 Å². The Kier molecular flexibility index (Phi) is 25.1. The lowest BCUT2D eigenvalue weighted by Crippen LogP contribution is -2.62. The first-order valence-electron chi connectivity index (χ1n) is 35.6. The number of aliphatic hydroxyl groups is 1. The van der Waals surface area contributed by atoms with Gasteiger partial charge in [-0.25, -0.2) is 9.59 Å². The lowest BCUT2D eigenvalue weighted by atomic mass is 9.47. The first-order valence-corrected chi connectivity index (χ1v) is 35.6. The van der Waals surface area contributed by atoms with Crippen molar-refractivity contribution >= 4 is 53.7 Å². The normalized spacial score (nSPS) is 32.9. The van der Waals surface area contributed by atoms with Crippen LogP contribution in [0.1, 0.15) is 251 Å². The maximum atomic E-state index is 12.7. The van der Waals surface area contributed by atoms with Crippen LogP contribution in [0.5, 0.6) is 0 Å². The van der Waals surface area contributed by atoms with E-state index in [0.29, 0.717) is 73.4 Å². The summed E-state index contributed by atoms with van der Waals surface area (Å²) >= 11 is 0. The second-order valence-corrected chi connectivity index (χ2v) is 32.4. The van der Waals surface area contributed by atoms with E-state index < -0.39 is 51.8 Å². The first kappa shape index (κ1) is 75.3. The first-order chi connectivity index (χ1) is 43.5. The monoisotopic (exact) mass is 1310 g/mol. The van der Waals surface area contributed by atoms with Crippen LogP contribution in [-0.4, -0.2) is 120 Å². The molecule has 13 fully saturated rings. The molecule has 1 saturated heterocycles. The van der Waals surface area contributed by atoms with Gasteiger partial charge in [0, 0.05) is 18.4 Å². The molecule has 3 unspecified atom stereocenters. The van der Waals surface area contributed by atoms with Crippen LogP contribution < -0.4 is 0 Å². The Bertz CT molecular complexity index is 2610. The van der Waals surface area contributed by atoms with Gasteiger partial charge in [0.2, 0.25) is 6.10 Å². The zero-order chi connectivity index (χ0) is 68.6. The molecule has 0 aromatic carbocycles. The zero-order valence-corrected chi connectivity index (χ0v) is 59.0. The summed E-state index contributed by atoms with van der Waals surface area (Å²) in [6, 6.07) is 0. The topological polar surface area (TPSA) is 257 Å². The number of esters is 9. The van der Waals surface area contributed by atoms with E-state index in [4.69, 9.17) is 42.6 Å². The average Bonchev–Trinajstić information content (AvgIpc) is 0.890. The Morgan fingerprint density at radius 3 is 1.24 bits per heavy atom. The SMILES string of the molecule is C=C(C)C(=O)OCCOC(=O)CCC(=O)OC1(C(C)C)C2CC3CC(C2)CC1C3.CCC(C)(C)C(=O)OC12CC3CC(CC(O)(C3)C1)C2.CCC(C)(C)C(=O)OC1CCOC1=O.CCC(C)(C)C(=O)OCCOC(=O)CCC(=O)OC1(C(C)C)C2CC3CC(C2)CC1C3. The molecule has 0 aromatic heterocycles. The summed E-state index contributed by atoms with van der Waals surface area (Å²) < 4.78 is 48.3. The van der Waals surface area contributed by atoms with Gasteiger partial charge < -0.3 is 47.7 Å². The molecule has 19 heteroatoms. The summed E-state index contributed by atoms with van der Waals surface area (Å²) in [7, 11) is 0. The maximum Gasteiger partial charge on any atom is 0.347 e. The molecule has 13 aliphatic rings. The molecular weight excluding hydrogens is 1190 g/mol. The van der Waals surface area contributed by atoms with Gasteiger partial charge in [0.05, 0.1) is 54.1 Å². The van der Waals surface area contributed by atoms with Crippen LogP contribution in [0.25, 0.3) is 0 Å². The number of hydrogen-bond donors (Lipinski definition) is 1. The van der Waals surface area contributed by atoms with Crippen LogP contribution in [0.4, 0.5) is 0 Å². The Hall–Kier alpha value is -5.07. The van der Waals surface area contributed by atoms with Gasteiger partial charge in [-0.05, 0) is 235 Å². The number of cyclic esters (lactones) is 1. The highest BCUT2D eigenvalue weighted by molar-refractivity contribution is 5.87. The van der Waals surface area contributed by atoms with Crippen molar-refractivity contribution in [2.24, 2.45) is 87.3 Å². The summed E-state index contributed by atoms with van der Waals surface area (Å²) in [6.07, 6.45) is 19.7. The molecule has 526 valence electrons. The van der Waals surface area contributed by atoms with Crippen molar-refractivity contribution < 1.29 is 90.9 Å². The standard InChI is InChI=1S/C25H40O6.C23H34O6.C16H26O3.C10H16O4/c1-6-24(4,5)23(28)30-10-9-29-21(26)7-8-22(27)31-25(16(2)3)19-12-17-11-18(14-19)15-20(25)13-17;1-14(2)22(26)28-8-7-27-20(24)5-6-21(25)29-23(15(3)4)18-10-16-9-17(12-18)13-19(23)11-16;1-4-14(2,3)13(17)19-16-8-11-5-12(9-16)7-15(18,6-11)10-16;1-4-10(2,3)9(12)14-7-5-6-13-8(7)11/h16-20H,6-15H2,1-5H3;15-19H,1,5-13H2,2-4H3;11-12,18H,4-10H2,1-3H3;7H,4-6H2,1-3H3. The molecule has 0 spiro atoms. The molecule has 12 bridgehead atoms. The maximum absolute atomic E-state index is 12.7. The molecule has 0 radical (unpaired) electrons. The van der Waals surface area contributed by atoms with Gasteiger partial charge in [-0.3, -0.25) is 33.6 Å². The summed E-state index contributed by atoms with van der Waals surface area (Å²) in [5.74, 6) is 3.50. The molecular formula is C74H116O19. The Balaban J connectivity index is 0.000000183. The largest absolute Gasteiger partial charge is 0.463 e. The van der Waals surface area contributed by atoms with Crippen LogP contribution in [-0.2, 0) is 85.8 Å². The van der Waals surface area contributed by atoms with Gasteiger partial charge in [0.1, 0.15) is 43.2 Å². The minimum absolute atomic E-state index is 0.00225. The van der Waals surface area contributed by atoms with Crippen LogP contribution in [0, 0.1) is 87.3 Å². The summed E-state index contributed by atoms with van der Waals surface area (Å²) in [4.78, 5) is 107. The highest BCUT2D eigenvalue weighted by Gasteiger charge is 2.63. The smallest absolute Gasteiger partial charge is 0.347 e. The number of carbonyl (C=O) groups is 9. The molecule has 1 aliphatic heterocycles. The highest BCUT2D eigenvalue weighted by atomic mass is 16.6. The third-order valence-electron chi connectivity index (χ3n) is 23.5. The van der Waals surface area contributed by atoms with Crippen LogP contribution >= 0.6 is 0 Å². The average molecular weight is 1310 g/mol. The van der Waals surface area contributed by atoms with Crippen molar-refractivity contribution in [3.63, 3.8) is 0 Å². The second-order valence-electron chi connectivity index (χ2n) is 32.4. The third-order valence-corrected chi connectivity index (χ3v) is 23.5. The fourth-order valence-electron chi connectivity index (χ4n) is 18.1. The molecule has 93 heavy (non-hydrogen) atoms. The molecule has 13 rings (SSSR count). The number of hydrogen-bond acceptors (Lipinski definition) is 19. The second kappa shape index (κ2) is 31.0. The van der Waals surface area contributed by atoms with E-state index in [1.165, 1.54) is 70.6 Å². The van der Waals surface area contributed by atoms with Crippen molar-refractivity contribution in [2.75, 3.05) is 33.0 Å². The summed E-state index contributed by atoms with van der Waals surface area (Å²) in [6.45, 7) is 31.0. The minimum atomic E-state index is -0.687. The lowest BCUT2D eigenvalue weighted by molar-refractivity contribution is -0.226. The van der Waals surface area contributed by atoms with Crippen molar-refractivity contribution in [3.05, 3.63) is 12.2 Å². The number of carbonyl (C=O) groups excluding carboxylic acids is 9. The van der Waals surface area contributed by atoms with E-state index in [9.17, 15) is 48.3 Å². The Labute approximate surface area is 554 Å². The molecule has 12 saturated carbocycles. The van der Waals surface area contributed by atoms with Crippen molar-refractivity contribution in [1.29, 1.82) is 0 Å². The molecule has 1 N–H and O–H groups in total. The van der Waals surface area contributed by atoms with E-state index in [0.717, 1.165) is 55.8 Å². The quantitative estimate of drug-likeness (QED) is 0.0385. The molecule has 0 amide bonds. The lowest BCUT2D eigenvalue weighted by Gasteiger charge is -2.61. The molecule has 1 heterocycles. The van der Waals surface area contributed by atoms with E-state index in [1.807, 2.05) is 48.5 Å². The predicted octanol–water partition coefficient (Wildman–Crippen LogP) is 12.8. The highest BCUT2D eigenvalue weighted by Crippen LogP contribution is 2.64. The van der Waals surface area contributed by atoms with E-state index in [2.05, 4.69) is 34.3 Å². The predicted molar refractivity (Wildman–Crippen MR) is 345 cm³/mol. The molecule has 12 aliphatic carbocycles. The zero-order valence-electron chi connectivity index (χ0n) is 59.0. The molecule has 19 nitrogen and oxygen atoms in total. The van der Waals surface area contributed by atoms with Gasteiger partial charge in [0.25, 0.3) is 0 Å². The fraction of sp³-hybridized carbons (Fsp3) is 0.851. The number of rotatable bonds is 25. The molecule has 3 atom stereocenters. The molecule has 0 aromatic rings. The van der Waals surface area contributed by atoms with Gasteiger partial charge in [-0.1, -0.05) is 55.0 Å². The van der Waals surface area contributed by atoms with Gasteiger partial charge in [-0.2, -0.15) is 0 Å². The summed E-state index contributed by atoms with van der Waals surface area (Å²) in [5, 5.41) is 10.6. The Morgan fingerprint density at radius 1 is 0.505 bits per heavy atom. The van der Waals surface area contributed by atoms with Gasteiger partial charge >= 0.3 is 53.7 Å². The van der Waals surface area contributed by atoms with E-state index in [-0.39, 0.29) is 111 Å². The third kappa shape index (κ3) is 18.3.